The third-order valence-electron chi connectivity index (χ3n) is 6.02. The Morgan fingerprint density at radius 3 is 2.20 bits per heavy atom. The molecular formula is C29H34F2NO2P. The van der Waals surface area contributed by atoms with E-state index in [-0.39, 0.29) is 11.5 Å². The predicted molar refractivity (Wildman–Crippen MR) is 144 cm³/mol. The van der Waals surface area contributed by atoms with Crippen LogP contribution in [0.2, 0.25) is 0 Å². The summed E-state index contributed by atoms with van der Waals surface area (Å²) >= 11 is 0. The molecule has 0 aliphatic heterocycles. The van der Waals surface area contributed by atoms with Crippen LogP contribution in [-0.2, 0) is 5.66 Å². The van der Waals surface area contributed by atoms with Gasteiger partial charge in [-0.1, -0.05) is 103 Å². The van der Waals surface area contributed by atoms with E-state index < -0.39 is 5.66 Å². The van der Waals surface area contributed by atoms with Crippen molar-refractivity contribution in [3.63, 3.8) is 0 Å². The molecule has 1 atom stereocenters. The highest BCUT2D eigenvalue weighted by atomic mass is 31.0. The zero-order valence-corrected chi connectivity index (χ0v) is 21.6. The van der Waals surface area contributed by atoms with Crippen molar-refractivity contribution in [2.45, 2.75) is 51.1 Å². The number of nitrogens with zero attached hydrogens (tertiary/aromatic N) is 1. The molecule has 0 aliphatic carbocycles. The van der Waals surface area contributed by atoms with E-state index in [1.54, 1.807) is 7.05 Å². The molecule has 3 nitrogen and oxygen atoms in total. The van der Waals surface area contributed by atoms with E-state index in [1.165, 1.54) is 64.1 Å². The molecule has 0 N–H and O–H groups in total. The number of halogens is 2. The van der Waals surface area contributed by atoms with Gasteiger partial charge in [-0.15, -0.1) is 0 Å². The van der Waals surface area contributed by atoms with Crippen LogP contribution in [0.25, 0.3) is 11.1 Å². The summed E-state index contributed by atoms with van der Waals surface area (Å²) < 4.78 is 33.3. The predicted octanol–water partition coefficient (Wildman–Crippen LogP) is 8.29. The first-order chi connectivity index (χ1) is 16.8. The molecule has 0 spiro atoms. The van der Waals surface area contributed by atoms with E-state index in [9.17, 15) is 13.6 Å². The van der Waals surface area contributed by atoms with Crippen molar-refractivity contribution in [2.75, 3.05) is 18.6 Å². The Labute approximate surface area is 209 Å². The summed E-state index contributed by atoms with van der Waals surface area (Å²) in [5, 5.41) is 0. The summed E-state index contributed by atoms with van der Waals surface area (Å²) in [5.41, 5.74) is -0.466. The van der Waals surface area contributed by atoms with Crippen LogP contribution in [-0.4, -0.2) is 19.6 Å². The fraction of sp³-hybridized carbons (Fsp3) is 0.345. The van der Waals surface area contributed by atoms with E-state index in [2.05, 4.69) is 6.92 Å². The maximum absolute atomic E-state index is 13.7. The van der Waals surface area contributed by atoms with Crippen molar-refractivity contribution >= 4 is 20.8 Å². The zero-order chi connectivity index (χ0) is 25.3. The lowest BCUT2D eigenvalue weighted by molar-refractivity contribution is 0.0989. The molecule has 0 heterocycles. The van der Waals surface area contributed by atoms with Gasteiger partial charge in [0.15, 0.2) is 0 Å². The van der Waals surface area contributed by atoms with Gasteiger partial charge >= 0.3 is 0 Å². The second-order valence-electron chi connectivity index (χ2n) is 8.69. The number of hydrogen-bond donors (Lipinski definition) is 0. The van der Waals surface area contributed by atoms with E-state index in [4.69, 9.17) is 4.74 Å². The number of rotatable bonds is 12. The first kappa shape index (κ1) is 26.8. The first-order valence-electron chi connectivity index (χ1n) is 12.2. The molecule has 0 saturated heterocycles. The Hall–Kier alpha value is -2.78. The van der Waals surface area contributed by atoms with Gasteiger partial charge in [0.2, 0.25) is 0 Å². The van der Waals surface area contributed by atoms with Gasteiger partial charge in [-0.2, -0.15) is 8.78 Å². The number of carbonyl (C=O) groups is 1. The smallest absolute Gasteiger partial charge is 0.283 e. The largest absolute Gasteiger partial charge is 0.493 e. The highest BCUT2D eigenvalue weighted by Crippen LogP contribution is 2.36. The minimum absolute atomic E-state index is 0.125. The Morgan fingerprint density at radius 2 is 1.54 bits per heavy atom. The van der Waals surface area contributed by atoms with Crippen molar-refractivity contribution in [3.05, 3.63) is 83.9 Å². The van der Waals surface area contributed by atoms with Crippen molar-refractivity contribution in [3.8, 4) is 16.9 Å². The third-order valence-corrected chi connectivity index (χ3v) is 6.36. The van der Waals surface area contributed by atoms with Crippen LogP contribution < -0.4 is 9.64 Å². The number of unbranched alkanes of at least 4 members (excludes halogenated alkanes) is 5. The molecule has 186 valence electrons. The molecular weight excluding hydrogens is 463 g/mol. The fourth-order valence-corrected chi connectivity index (χ4v) is 4.18. The molecule has 1 amide bonds. The molecule has 3 rings (SSSR count). The molecule has 0 aromatic heterocycles. The average Bonchev–Trinajstić information content (AvgIpc) is 2.87. The fourth-order valence-electron chi connectivity index (χ4n) is 3.99. The van der Waals surface area contributed by atoms with E-state index >= 15 is 0 Å². The Balaban J connectivity index is 1.86. The number of ether oxygens (including phenoxy) is 1. The van der Waals surface area contributed by atoms with Crippen LogP contribution in [0, 0.1) is 0 Å². The lowest BCUT2D eigenvalue weighted by Gasteiger charge is -2.22. The van der Waals surface area contributed by atoms with Gasteiger partial charge in [-0.05, 0) is 35.7 Å². The standard InChI is InChI=1S/C29H34F2NO2P/c1-3-4-5-6-7-11-21-34-26-16-12-15-25(22-13-9-8-10-14-22)27(26)28(33)32(2)24-19-17-23(18-20-24)29(30,31)35/h8-10,12-20H,3-7,11,21,35H2,1-2H3. The average molecular weight is 498 g/mol. The monoisotopic (exact) mass is 497 g/mol. The molecule has 35 heavy (non-hydrogen) atoms. The van der Waals surface area contributed by atoms with Crippen molar-refractivity contribution in [2.24, 2.45) is 0 Å². The molecule has 0 bridgehead atoms. The Kier molecular flexibility index (Phi) is 9.80. The molecule has 3 aromatic carbocycles. The number of carbonyl (C=O) groups excluding carboxylic acids is 1. The quantitative estimate of drug-likeness (QED) is 0.186. The van der Waals surface area contributed by atoms with Crippen molar-refractivity contribution in [1.82, 2.24) is 0 Å². The highest BCUT2D eigenvalue weighted by Gasteiger charge is 2.26. The van der Waals surface area contributed by atoms with E-state index in [0.717, 1.165) is 24.0 Å². The SMILES string of the molecule is CCCCCCCCOc1cccc(-c2ccccc2)c1C(=O)N(C)c1ccc(C(F)(F)P)cc1. The Bertz CT molecular complexity index is 1080. The van der Waals surface area contributed by atoms with Gasteiger partial charge in [0.25, 0.3) is 11.6 Å². The van der Waals surface area contributed by atoms with Gasteiger partial charge in [0.05, 0.1) is 12.2 Å². The molecule has 0 radical (unpaired) electrons. The summed E-state index contributed by atoms with van der Waals surface area (Å²) in [6, 6.07) is 21.1. The summed E-state index contributed by atoms with van der Waals surface area (Å²) in [4.78, 5) is 15.2. The number of hydrogen-bond acceptors (Lipinski definition) is 2. The molecule has 6 heteroatoms. The van der Waals surface area contributed by atoms with Crippen molar-refractivity contribution in [1.29, 1.82) is 0 Å². The van der Waals surface area contributed by atoms with E-state index in [0.29, 0.717) is 23.6 Å². The van der Waals surface area contributed by atoms with Crippen molar-refractivity contribution < 1.29 is 18.3 Å². The maximum atomic E-state index is 13.7. The van der Waals surface area contributed by atoms with Crippen LogP contribution in [0.3, 0.4) is 0 Å². The summed E-state index contributed by atoms with van der Waals surface area (Å²) in [5.74, 6) is 0.276. The summed E-state index contributed by atoms with van der Waals surface area (Å²) in [6.07, 6.45) is 6.89. The van der Waals surface area contributed by atoms with Crippen LogP contribution in [0.15, 0.2) is 72.8 Å². The minimum atomic E-state index is -3.02. The summed E-state index contributed by atoms with van der Waals surface area (Å²) in [6.45, 7) is 2.73. The van der Waals surface area contributed by atoms with Crippen LogP contribution >= 0.6 is 9.24 Å². The third kappa shape index (κ3) is 7.35. The molecule has 3 aromatic rings. The van der Waals surface area contributed by atoms with Crippen LogP contribution in [0.5, 0.6) is 5.75 Å². The summed E-state index contributed by atoms with van der Waals surface area (Å²) in [7, 11) is 3.18. The van der Waals surface area contributed by atoms with Crippen LogP contribution in [0.1, 0.15) is 61.4 Å². The topological polar surface area (TPSA) is 29.5 Å². The normalized spacial score (nSPS) is 11.3. The van der Waals surface area contributed by atoms with Gasteiger partial charge in [-0.3, -0.25) is 4.79 Å². The van der Waals surface area contributed by atoms with Gasteiger partial charge in [0.1, 0.15) is 5.75 Å². The second kappa shape index (κ2) is 12.8. The number of amides is 1. The molecule has 1 unspecified atom stereocenters. The lowest BCUT2D eigenvalue weighted by Crippen LogP contribution is -2.27. The first-order valence-corrected chi connectivity index (χ1v) is 12.8. The molecule has 0 fully saturated rings. The number of benzene rings is 3. The lowest BCUT2D eigenvalue weighted by atomic mass is 9.97. The van der Waals surface area contributed by atoms with Gasteiger partial charge < -0.3 is 9.64 Å². The van der Waals surface area contributed by atoms with Gasteiger partial charge in [-0.25, -0.2) is 0 Å². The number of alkyl halides is 2. The van der Waals surface area contributed by atoms with Gasteiger partial charge in [0, 0.05) is 18.3 Å². The maximum Gasteiger partial charge on any atom is 0.283 e. The van der Waals surface area contributed by atoms with E-state index in [1.807, 2.05) is 48.5 Å². The number of anilines is 1. The van der Waals surface area contributed by atoms with Crippen LogP contribution in [0.4, 0.5) is 14.5 Å². The minimum Gasteiger partial charge on any atom is -0.493 e. The Morgan fingerprint density at radius 1 is 0.886 bits per heavy atom. The zero-order valence-electron chi connectivity index (χ0n) is 20.5. The molecule has 0 aliphatic rings. The molecule has 0 saturated carbocycles. The second-order valence-corrected chi connectivity index (χ2v) is 9.42. The highest BCUT2D eigenvalue weighted by molar-refractivity contribution is 7.17.